The van der Waals surface area contributed by atoms with Crippen molar-refractivity contribution in [3.8, 4) is 0 Å². The minimum atomic E-state index is -0.320. The van der Waals surface area contributed by atoms with Gasteiger partial charge in [-0.2, -0.15) is 0 Å². The molecule has 1 heterocycles. The maximum Gasteiger partial charge on any atom is 0.251 e. The van der Waals surface area contributed by atoms with Crippen molar-refractivity contribution in [3.05, 3.63) is 87.7 Å². The maximum absolute atomic E-state index is 12.6. The Morgan fingerprint density at radius 2 is 1.97 bits per heavy atom. The van der Waals surface area contributed by atoms with Gasteiger partial charge in [0.05, 0.1) is 6.04 Å². The van der Waals surface area contributed by atoms with Crippen LogP contribution in [0.5, 0.6) is 0 Å². The van der Waals surface area contributed by atoms with Crippen molar-refractivity contribution < 1.29 is 4.79 Å². The number of amides is 1. The molecule has 0 bridgehead atoms. The first-order chi connectivity index (χ1) is 14.4. The van der Waals surface area contributed by atoms with Crippen LogP contribution in [0.4, 0.5) is 0 Å². The monoisotopic (exact) mass is 460 g/mol. The third-order valence-corrected chi connectivity index (χ3v) is 6.08. The molecule has 0 saturated heterocycles. The van der Waals surface area contributed by atoms with Gasteiger partial charge in [-0.15, -0.1) is 16.8 Å². The number of hydrogen-bond donors (Lipinski definition) is 1. The molecule has 2 aromatic carbocycles. The number of rotatable bonds is 8. The average molecular weight is 461 g/mol. The lowest BCUT2D eigenvalue weighted by Crippen LogP contribution is -2.28. The van der Waals surface area contributed by atoms with E-state index in [1.165, 1.54) is 11.8 Å². The molecule has 0 spiro atoms. The van der Waals surface area contributed by atoms with Gasteiger partial charge in [0.25, 0.3) is 5.91 Å². The van der Waals surface area contributed by atoms with Crippen molar-refractivity contribution in [3.63, 3.8) is 0 Å². The van der Waals surface area contributed by atoms with E-state index in [1.807, 2.05) is 54.8 Å². The van der Waals surface area contributed by atoms with Crippen LogP contribution < -0.4 is 5.32 Å². The first-order valence-electron chi connectivity index (χ1n) is 9.37. The van der Waals surface area contributed by atoms with Crippen molar-refractivity contribution in [2.75, 3.05) is 0 Å². The van der Waals surface area contributed by atoms with Gasteiger partial charge in [0.2, 0.25) is 0 Å². The summed E-state index contributed by atoms with van der Waals surface area (Å²) in [6.45, 7) is 8.23. The number of allylic oxidation sites excluding steroid dienone is 1. The van der Waals surface area contributed by atoms with Gasteiger partial charge in [-0.3, -0.25) is 4.79 Å². The number of aryl methyl sites for hydroxylation is 1. The predicted octanol–water partition coefficient (Wildman–Crippen LogP) is 5.86. The number of carbonyl (C=O) groups excluding carboxylic acids is 1. The van der Waals surface area contributed by atoms with Crippen LogP contribution in [0, 0.1) is 6.92 Å². The Kier molecular flexibility index (Phi) is 7.58. The largest absolute Gasteiger partial charge is 0.342 e. The number of nitrogens with zero attached hydrogens (tertiary/aromatic N) is 3. The fourth-order valence-electron chi connectivity index (χ4n) is 2.86. The summed E-state index contributed by atoms with van der Waals surface area (Å²) in [5.74, 6) is 1.13. The molecule has 8 heteroatoms. The molecule has 1 aromatic heterocycles. The van der Waals surface area contributed by atoms with Gasteiger partial charge in [-0.05, 0) is 43.7 Å². The molecule has 0 saturated carbocycles. The van der Waals surface area contributed by atoms with Gasteiger partial charge in [0, 0.05) is 27.9 Å². The van der Waals surface area contributed by atoms with E-state index < -0.39 is 0 Å². The van der Waals surface area contributed by atoms with Crippen molar-refractivity contribution in [2.24, 2.45) is 0 Å². The van der Waals surface area contributed by atoms with Crippen LogP contribution in [0.1, 0.15) is 40.3 Å². The summed E-state index contributed by atoms with van der Waals surface area (Å²) in [7, 11) is 0. The van der Waals surface area contributed by atoms with E-state index in [4.69, 9.17) is 23.2 Å². The van der Waals surface area contributed by atoms with Crippen LogP contribution in [0.2, 0.25) is 10.0 Å². The Morgan fingerprint density at radius 1 is 1.23 bits per heavy atom. The number of aromatic nitrogens is 3. The summed E-state index contributed by atoms with van der Waals surface area (Å²) in [6.07, 6.45) is 1.78. The Balaban J connectivity index is 1.74. The van der Waals surface area contributed by atoms with Gasteiger partial charge < -0.3 is 9.88 Å². The maximum atomic E-state index is 12.6. The van der Waals surface area contributed by atoms with Crippen LogP contribution in [-0.4, -0.2) is 20.7 Å². The molecule has 1 N–H and O–H groups in total. The molecule has 1 amide bonds. The Hall–Kier alpha value is -2.28. The Morgan fingerprint density at radius 3 is 2.63 bits per heavy atom. The first kappa shape index (κ1) is 22.4. The summed E-state index contributed by atoms with van der Waals surface area (Å²) in [6, 6.07) is 12.6. The van der Waals surface area contributed by atoms with Crippen molar-refractivity contribution in [2.45, 2.75) is 37.3 Å². The topological polar surface area (TPSA) is 59.8 Å². The van der Waals surface area contributed by atoms with Crippen molar-refractivity contribution in [1.29, 1.82) is 0 Å². The smallest absolute Gasteiger partial charge is 0.251 e. The number of nitrogens with one attached hydrogen (secondary N) is 1. The molecular weight excluding hydrogens is 439 g/mol. The SMILES string of the molecule is C=CCn1c(SCc2ccc(Cl)cc2Cl)nnc1C(C)NC(=O)c1ccc(C)cc1. The Labute approximate surface area is 190 Å². The second kappa shape index (κ2) is 10.2. The molecule has 0 aliphatic rings. The molecule has 5 nitrogen and oxygen atoms in total. The second-order valence-electron chi connectivity index (χ2n) is 6.83. The van der Waals surface area contributed by atoms with E-state index in [9.17, 15) is 4.79 Å². The average Bonchev–Trinajstić information content (AvgIpc) is 3.11. The van der Waals surface area contributed by atoms with E-state index in [-0.39, 0.29) is 11.9 Å². The predicted molar refractivity (Wildman–Crippen MR) is 123 cm³/mol. The molecule has 1 atom stereocenters. The summed E-state index contributed by atoms with van der Waals surface area (Å²) >= 11 is 13.8. The highest BCUT2D eigenvalue weighted by atomic mass is 35.5. The summed E-state index contributed by atoms with van der Waals surface area (Å²) in [5.41, 5.74) is 2.67. The quantitative estimate of drug-likeness (QED) is 0.337. The van der Waals surface area contributed by atoms with E-state index >= 15 is 0 Å². The van der Waals surface area contributed by atoms with Gasteiger partial charge >= 0.3 is 0 Å². The molecule has 1 unspecified atom stereocenters. The van der Waals surface area contributed by atoms with Crippen molar-refractivity contribution >= 4 is 40.9 Å². The molecule has 0 aliphatic carbocycles. The molecule has 0 fully saturated rings. The zero-order chi connectivity index (χ0) is 21.7. The molecule has 3 aromatic rings. The third kappa shape index (κ3) is 5.45. The fraction of sp³-hybridized carbons (Fsp3) is 0.227. The third-order valence-electron chi connectivity index (χ3n) is 4.48. The molecule has 156 valence electrons. The molecule has 0 radical (unpaired) electrons. The highest BCUT2D eigenvalue weighted by molar-refractivity contribution is 7.98. The van der Waals surface area contributed by atoms with Crippen LogP contribution >= 0.6 is 35.0 Å². The molecule has 30 heavy (non-hydrogen) atoms. The lowest BCUT2D eigenvalue weighted by molar-refractivity contribution is 0.0937. The van der Waals surface area contributed by atoms with Crippen LogP contribution in [-0.2, 0) is 12.3 Å². The number of benzene rings is 2. The van der Waals surface area contributed by atoms with Gasteiger partial charge in [0.15, 0.2) is 11.0 Å². The molecule has 0 aliphatic heterocycles. The number of hydrogen-bond acceptors (Lipinski definition) is 4. The van der Waals surface area contributed by atoms with Crippen LogP contribution in [0.15, 0.2) is 60.3 Å². The normalized spacial score (nSPS) is 11.9. The fourth-order valence-corrected chi connectivity index (χ4v) is 4.37. The zero-order valence-corrected chi connectivity index (χ0v) is 19.1. The van der Waals surface area contributed by atoms with E-state index in [1.54, 1.807) is 12.1 Å². The first-order valence-corrected chi connectivity index (χ1v) is 11.1. The number of halogens is 2. The summed E-state index contributed by atoms with van der Waals surface area (Å²) in [5, 5.41) is 13.6. The lowest BCUT2D eigenvalue weighted by atomic mass is 10.1. The standard InChI is InChI=1S/C22H22Cl2N4OS/c1-4-11-28-20(15(3)25-21(29)16-7-5-14(2)6-8-16)26-27-22(28)30-13-17-9-10-18(23)12-19(17)24/h4-10,12,15H,1,11,13H2,2-3H3,(H,25,29). The highest BCUT2D eigenvalue weighted by Crippen LogP contribution is 2.29. The molecular formula is C22H22Cl2N4OS. The van der Waals surface area contributed by atoms with Gasteiger partial charge in [0.1, 0.15) is 0 Å². The van der Waals surface area contributed by atoms with Gasteiger partial charge in [-0.25, -0.2) is 0 Å². The Bertz CT molecular complexity index is 1050. The minimum Gasteiger partial charge on any atom is -0.342 e. The van der Waals surface area contributed by atoms with Crippen LogP contribution in [0.3, 0.4) is 0 Å². The van der Waals surface area contributed by atoms with E-state index in [0.29, 0.717) is 33.7 Å². The van der Waals surface area contributed by atoms with Crippen molar-refractivity contribution in [1.82, 2.24) is 20.1 Å². The molecule has 3 rings (SSSR count). The minimum absolute atomic E-state index is 0.155. The highest BCUT2D eigenvalue weighted by Gasteiger charge is 2.20. The number of thioether (sulfide) groups is 1. The van der Waals surface area contributed by atoms with E-state index in [2.05, 4.69) is 22.1 Å². The summed E-state index contributed by atoms with van der Waals surface area (Å²) < 4.78 is 1.95. The number of carbonyl (C=O) groups is 1. The van der Waals surface area contributed by atoms with Crippen LogP contribution in [0.25, 0.3) is 0 Å². The van der Waals surface area contributed by atoms with Gasteiger partial charge in [-0.1, -0.05) is 64.8 Å². The zero-order valence-electron chi connectivity index (χ0n) is 16.7. The van der Waals surface area contributed by atoms with E-state index in [0.717, 1.165) is 16.3 Å². The summed E-state index contributed by atoms with van der Waals surface area (Å²) in [4.78, 5) is 12.6. The second-order valence-corrected chi connectivity index (χ2v) is 8.61. The lowest BCUT2D eigenvalue weighted by Gasteiger charge is -2.15.